The third kappa shape index (κ3) is 5.51. The van der Waals surface area contributed by atoms with E-state index in [4.69, 9.17) is 4.74 Å². The van der Waals surface area contributed by atoms with Gasteiger partial charge < -0.3 is 15.2 Å². The number of nitro groups is 1. The van der Waals surface area contributed by atoms with Crippen molar-refractivity contribution in [2.24, 2.45) is 0 Å². The summed E-state index contributed by atoms with van der Waals surface area (Å²) in [7, 11) is 0. The van der Waals surface area contributed by atoms with Crippen molar-refractivity contribution in [3.05, 3.63) is 88.0 Å². The molecule has 0 fully saturated rings. The van der Waals surface area contributed by atoms with Gasteiger partial charge in [0.05, 0.1) is 18.0 Å². The summed E-state index contributed by atoms with van der Waals surface area (Å²) in [5, 5.41) is 24.9. The van der Waals surface area contributed by atoms with E-state index in [1.54, 1.807) is 31.2 Å². The predicted molar refractivity (Wildman–Crippen MR) is 120 cm³/mol. The van der Waals surface area contributed by atoms with Gasteiger partial charge in [-0.25, -0.2) is 4.79 Å². The fourth-order valence-corrected chi connectivity index (χ4v) is 3.65. The van der Waals surface area contributed by atoms with E-state index in [1.165, 1.54) is 24.3 Å². The molecule has 9 nitrogen and oxygen atoms in total. The van der Waals surface area contributed by atoms with E-state index in [0.29, 0.717) is 10.9 Å². The van der Waals surface area contributed by atoms with E-state index < -0.39 is 34.7 Å². The monoisotopic (exact) mass is 450 g/mol. The predicted octanol–water partition coefficient (Wildman–Crippen LogP) is 3.67. The van der Waals surface area contributed by atoms with Gasteiger partial charge in [0.25, 0.3) is 11.6 Å². The Labute approximate surface area is 189 Å². The molecule has 0 bridgehead atoms. The van der Waals surface area contributed by atoms with Crippen LogP contribution >= 0.6 is 0 Å². The summed E-state index contributed by atoms with van der Waals surface area (Å²) in [5.74, 6) is -3.63. The molecule has 0 saturated heterocycles. The minimum atomic E-state index is -1.48. The molecular weight excluding hydrogens is 428 g/mol. The number of nitro benzene ring substituents is 1. The van der Waals surface area contributed by atoms with Crippen molar-refractivity contribution >= 4 is 34.3 Å². The van der Waals surface area contributed by atoms with Crippen molar-refractivity contribution < 1.29 is 29.2 Å². The third-order valence-electron chi connectivity index (χ3n) is 5.21. The number of ether oxygens (including phenoxy) is 1. The molecule has 9 heteroatoms. The summed E-state index contributed by atoms with van der Waals surface area (Å²) in [4.78, 5) is 47.9. The van der Waals surface area contributed by atoms with Gasteiger partial charge >= 0.3 is 11.9 Å². The van der Waals surface area contributed by atoms with Crippen molar-refractivity contribution in [3.8, 4) is 0 Å². The van der Waals surface area contributed by atoms with Crippen molar-refractivity contribution in [1.82, 2.24) is 5.32 Å². The third-order valence-corrected chi connectivity index (χ3v) is 5.21. The molecular formula is C24H22N2O7. The van der Waals surface area contributed by atoms with Crippen LogP contribution in [0.15, 0.2) is 66.7 Å². The number of rotatable bonds is 9. The van der Waals surface area contributed by atoms with Crippen molar-refractivity contribution in [2.75, 3.05) is 6.61 Å². The summed E-state index contributed by atoms with van der Waals surface area (Å²) in [6.07, 6.45) is -0.335. The topological polar surface area (TPSA) is 136 Å². The smallest absolute Gasteiger partial charge is 0.326 e. The SMILES string of the molecule is CCOC(=O)C[C@@H](c1ccc([N+](=O)[O-])cc1)[C@H](NC(=O)c1cccc2ccccc12)C(=O)O. The average molecular weight is 450 g/mol. The highest BCUT2D eigenvalue weighted by molar-refractivity contribution is 6.08. The second-order valence-corrected chi connectivity index (χ2v) is 7.28. The minimum absolute atomic E-state index is 0.103. The molecule has 3 aromatic carbocycles. The molecule has 0 spiro atoms. The van der Waals surface area contributed by atoms with E-state index in [9.17, 15) is 29.6 Å². The van der Waals surface area contributed by atoms with E-state index in [2.05, 4.69) is 5.32 Å². The van der Waals surface area contributed by atoms with Gasteiger partial charge in [-0.15, -0.1) is 0 Å². The molecule has 0 saturated carbocycles. The number of amides is 1. The summed E-state index contributed by atoms with van der Waals surface area (Å²) >= 11 is 0. The van der Waals surface area contributed by atoms with E-state index in [0.717, 1.165) is 5.39 Å². The van der Waals surface area contributed by atoms with Gasteiger partial charge in [0.2, 0.25) is 0 Å². The number of non-ortho nitro benzene ring substituents is 1. The first-order valence-electron chi connectivity index (χ1n) is 10.2. The lowest BCUT2D eigenvalue weighted by molar-refractivity contribution is -0.384. The molecule has 33 heavy (non-hydrogen) atoms. The van der Waals surface area contributed by atoms with Crippen LogP contribution in [0.4, 0.5) is 5.69 Å². The second-order valence-electron chi connectivity index (χ2n) is 7.28. The Balaban J connectivity index is 1.97. The maximum atomic E-state index is 13.1. The highest BCUT2D eigenvalue weighted by atomic mass is 16.6. The Kier molecular flexibility index (Phi) is 7.34. The summed E-state index contributed by atoms with van der Waals surface area (Å²) < 4.78 is 4.98. The van der Waals surface area contributed by atoms with Crippen LogP contribution in [0, 0.1) is 10.1 Å². The lowest BCUT2D eigenvalue weighted by Gasteiger charge is -2.25. The van der Waals surface area contributed by atoms with Crippen LogP contribution in [0.2, 0.25) is 0 Å². The van der Waals surface area contributed by atoms with Gasteiger partial charge in [0.1, 0.15) is 6.04 Å². The number of carbonyl (C=O) groups is 3. The summed E-state index contributed by atoms with van der Waals surface area (Å²) in [6.45, 7) is 1.72. The molecule has 0 radical (unpaired) electrons. The van der Waals surface area contributed by atoms with Crippen LogP contribution < -0.4 is 5.32 Å². The number of nitrogens with one attached hydrogen (secondary N) is 1. The van der Waals surface area contributed by atoms with Gasteiger partial charge in [0.15, 0.2) is 0 Å². The molecule has 3 rings (SSSR count). The summed E-state index contributed by atoms with van der Waals surface area (Å²) in [5.41, 5.74) is 0.456. The molecule has 0 aromatic heterocycles. The first-order valence-corrected chi connectivity index (χ1v) is 10.2. The molecule has 3 aromatic rings. The zero-order valence-corrected chi connectivity index (χ0v) is 17.8. The molecule has 2 atom stereocenters. The lowest BCUT2D eigenvalue weighted by atomic mass is 9.88. The van der Waals surface area contributed by atoms with Crippen LogP contribution in [0.1, 0.15) is 35.2 Å². The highest BCUT2D eigenvalue weighted by Crippen LogP contribution is 2.28. The fraction of sp³-hybridized carbons (Fsp3) is 0.208. The number of carboxylic acid groups (broad SMARTS) is 1. The fourth-order valence-electron chi connectivity index (χ4n) is 3.65. The number of fused-ring (bicyclic) bond motifs is 1. The number of aliphatic carboxylic acids is 1. The van der Waals surface area contributed by atoms with Gasteiger partial charge in [0, 0.05) is 23.6 Å². The van der Waals surface area contributed by atoms with E-state index >= 15 is 0 Å². The Bertz CT molecular complexity index is 1190. The van der Waals surface area contributed by atoms with E-state index in [-0.39, 0.29) is 24.3 Å². The Morgan fingerprint density at radius 1 is 1.03 bits per heavy atom. The number of carbonyl (C=O) groups excluding carboxylic acids is 2. The van der Waals surface area contributed by atoms with E-state index in [1.807, 2.05) is 18.2 Å². The molecule has 1 amide bonds. The van der Waals surface area contributed by atoms with Crippen LogP contribution in [-0.2, 0) is 14.3 Å². The number of carboxylic acids is 1. The molecule has 0 aliphatic carbocycles. The molecule has 0 aliphatic rings. The number of benzene rings is 3. The zero-order valence-electron chi connectivity index (χ0n) is 17.8. The molecule has 170 valence electrons. The number of hydrogen-bond acceptors (Lipinski definition) is 6. The highest BCUT2D eigenvalue weighted by Gasteiger charge is 2.34. The van der Waals surface area contributed by atoms with Crippen molar-refractivity contribution in [2.45, 2.75) is 25.3 Å². The van der Waals surface area contributed by atoms with Gasteiger partial charge in [-0.2, -0.15) is 0 Å². The van der Waals surface area contributed by atoms with Gasteiger partial charge in [-0.05, 0) is 29.3 Å². The van der Waals surface area contributed by atoms with Gasteiger partial charge in [-0.1, -0.05) is 48.5 Å². The Hall–Kier alpha value is -4.27. The quantitative estimate of drug-likeness (QED) is 0.288. The Morgan fingerprint density at radius 2 is 1.70 bits per heavy atom. The Morgan fingerprint density at radius 3 is 2.33 bits per heavy atom. The normalized spacial score (nSPS) is 12.5. The molecule has 0 heterocycles. The average Bonchev–Trinajstić information content (AvgIpc) is 2.80. The number of esters is 1. The van der Waals surface area contributed by atoms with Crippen molar-refractivity contribution in [3.63, 3.8) is 0 Å². The lowest BCUT2D eigenvalue weighted by Crippen LogP contribution is -2.45. The van der Waals surface area contributed by atoms with Crippen LogP contribution in [0.3, 0.4) is 0 Å². The maximum Gasteiger partial charge on any atom is 0.326 e. The van der Waals surface area contributed by atoms with Crippen molar-refractivity contribution in [1.29, 1.82) is 0 Å². The number of nitrogens with zero attached hydrogens (tertiary/aromatic N) is 1. The summed E-state index contributed by atoms with van der Waals surface area (Å²) in [6, 6.07) is 16.0. The minimum Gasteiger partial charge on any atom is -0.480 e. The standard InChI is InChI=1S/C24H22N2O7/c1-2-33-21(27)14-20(16-10-12-17(13-11-16)26(31)32)22(24(29)30)25-23(28)19-9-5-7-15-6-3-4-8-18(15)19/h3-13,20,22H,2,14H2,1H3,(H,25,28)(H,29,30)/t20-,22-/m0/s1. The molecule has 2 N–H and O–H groups in total. The zero-order chi connectivity index (χ0) is 24.0. The van der Waals surface area contributed by atoms with Crippen LogP contribution in [-0.4, -0.2) is 40.5 Å². The largest absolute Gasteiger partial charge is 0.480 e. The first kappa shape index (κ1) is 23.4. The maximum absolute atomic E-state index is 13.1. The number of hydrogen-bond donors (Lipinski definition) is 2. The van der Waals surface area contributed by atoms with Crippen LogP contribution in [0.25, 0.3) is 10.8 Å². The first-order chi connectivity index (χ1) is 15.8. The molecule has 0 aliphatic heterocycles. The van der Waals surface area contributed by atoms with Crippen LogP contribution in [0.5, 0.6) is 0 Å². The second kappa shape index (κ2) is 10.4. The van der Waals surface area contributed by atoms with Gasteiger partial charge in [-0.3, -0.25) is 19.7 Å². The molecule has 0 unspecified atom stereocenters.